The van der Waals surface area contributed by atoms with Gasteiger partial charge in [0.1, 0.15) is 23.0 Å². The third kappa shape index (κ3) is 7.91. The summed E-state index contributed by atoms with van der Waals surface area (Å²) in [5.74, 6) is -3.64. The second-order valence-corrected chi connectivity index (χ2v) is 9.85. The maximum atomic E-state index is 13.9. The number of carbonyl (C=O) groups is 2. The highest BCUT2D eigenvalue weighted by molar-refractivity contribution is 7.88. The van der Waals surface area contributed by atoms with Crippen molar-refractivity contribution in [1.29, 1.82) is 0 Å². The lowest BCUT2D eigenvalue weighted by atomic mass is 9.97. The number of amides is 1. The maximum absolute atomic E-state index is 13.9. The van der Waals surface area contributed by atoms with Gasteiger partial charge >= 0.3 is 21.7 Å². The number of carbonyl (C=O) groups excluding carboxylic acids is 2. The highest BCUT2D eigenvalue weighted by Crippen LogP contribution is 2.29. The highest BCUT2D eigenvalue weighted by atomic mass is 32.2. The number of nitrogens with one attached hydrogen (secondary N) is 1. The van der Waals surface area contributed by atoms with Gasteiger partial charge in [0.25, 0.3) is 0 Å². The molecular weight excluding hydrogens is 501 g/mol. The molecule has 35 heavy (non-hydrogen) atoms. The van der Waals surface area contributed by atoms with Crippen LogP contribution in [0.25, 0.3) is 0 Å². The zero-order chi connectivity index (χ0) is 26.6. The van der Waals surface area contributed by atoms with Crippen LogP contribution in [0, 0.1) is 11.6 Å². The maximum Gasteiger partial charge on any atom is 0.534 e. The van der Waals surface area contributed by atoms with E-state index in [9.17, 15) is 40.0 Å². The monoisotopic (exact) mass is 523 g/mol. The molecule has 2 aromatic carbocycles. The number of alkyl halides is 3. The Morgan fingerprint density at radius 2 is 1.51 bits per heavy atom. The normalized spacial score (nSPS) is 13.1. The van der Waals surface area contributed by atoms with Crippen molar-refractivity contribution < 1.29 is 48.9 Å². The number of ether oxygens (including phenoxy) is 1. The number of hydrogen-bond donors (Lipinski definition) is 1. The van der Waals surface area contributed by atoms with Crippen LogP contribution < -0.4 is 9.50 Å². The van der Waals surface area contributed by atoms with Gasteiger partial charge in [-0.2, -0.15) is 21.6 Å². The zero-order valence-electron chi connectivity index (χ0n) is 18.8. The van der Waals surface area contributed by atoms with E-state index in [0.29, 0.717) is 0 Å². The number of rotatable bonds is 8. The van der Waals surface area contributed by atoms with Gasteiger partial charge in [-0.3, -0.25) is 4.79 Å². The molecule has 0 aliphatic heterocycles. The molecule has 0 aliphatic rings. The lowest BCUT2D eigenvalue weighted by Crippen LogP contribution is -2.35. The number of alkyl carbamates (subject to hydrolysis) is 1. The van der Waals surface area contributed by atoms with Crippen LogP contribution in [0.4, 0.5) is 26.7 Å². The van der Waals surface area contributed by atoms with Crippen molar-refractivity contribution in [3.05, 3.63) is 65.2 Å². The number of Topliss-reactive ketones (excluding diaryl/α,β-unsaturated/α-hetero) is 1. The summed E-state index contributed by atoms with van der Waals surface area (Å²) in [5.41, 5.74) is -7.03. The molecule has 1 amide bonds. The zero-order valence-corrected chi connectivity index (χ0v) is 19.6. The Morgan fingerprint density at radius 1 is 0.971 bits per heavy atom. The van der Waals surface area contributed by atoms with Gasteiger partial charge in [0.15, 0.2) is 5.78 Å². The fourth-order valence-corrected chi connectivity index (χ4v) is 3.33. The van der Waals surface area contributed by atoms with Gasteiger partial charge < -0.3 is 14.2 Å². The molecule has 0 aliphatic carbocycles. The summed E-state index contributed by atoms with van der Waals surface area (Å²) >= 11 is 0. The van der Waals surface area contributed by atoms with Gasteiger partial charge in [0, 0.05) is 6.42 Å². The average molecular weight is 523 g/mol. The molecule has 1 unspecified atom stereocenters. The van der Waals surface area contributed by atoms with E-state index in [-0.39, 0.29) is 12.0 Å². The molecule has 2 rings (SSSR count). The third-order valence-electron chi connectivity index (χ3n) is 4.36. The van der Waals surface area contributed by atoms with Crippen LogP contribution in [-0.2, 0) is 14.9 Å². The van der Waals surface area contributed by atoms with Crippen molar-refractivity contribution in [3.63, 3.8) is 0 Å². The second kappa shape index (κ2) is 10.6. The van der Waals surface area contributed by atoms with Gasteiger partial charge in [-0.1, -0.05) is 18.2 Å². The van der Waals surface area contributed by atoms with Crippen molar-refractivity contribution in [1.82, 2.24) is 5.32 Å². The number of ketones is 1. The van der Waals surface area contributed by atoms with E-state index < -0.39 is 68.5 Å². The smallest absolute Gasteiger partial charge is 0.444 e. The van der Waals surface area contributed by atoms with Crippen LogP contribution in [-0.4, -0.2) is 31.4 Å². The van der Waals surface area contributed by atoms with Crippen molar-refractivity contribution in [2.75, 3.05) is 0 Å². The van der Waals surface area contributed by atoms with Crippen molar-refractivity contribution in [2.45, 2.75) is 50.8 Å². The molecule has 0 spiro atoms. The van der Waals surface area contributed by atoms with Crippen molar-refractivity contribution >= 4 is 22.0 Å². The first-order valence-electron chi connectivity index (χ1n) is 10.1. The molecule has 0 saturated heterocycles. The summed E-state index contributed by atoms with van der Waals surface area (Å²) in [6, 6.07) is 6.10. The van der Waals surface area contributed by atoms with E-state index in [1.165, 1.54) is 0 Å². The Labute approximate surface area is 198 Å². The van der Waals surface area contributed by atoms with Gasteiger partial charge in [0.2, 0.25) is 0 Å². The molecule has 192 valence electrons. The van der Waals surface area contributed by atoms with E-state index in [1.807, 2.05) is 0 Å². The molecule has 2 aromatic rings. The van der Waals surface area contributed by atoms with Crippen LogP contribution in [0.5, 0.6) is 5.75 Å². The third-order valence-corrected chi connectivity index (χ3v) is 5.34. The van der Waals surface area contributed by atoms with E-state index >= 15 is 0 Å². The fraction of sp³-hybridized carbons (Fsp3) is 0.364. The minimum absolute atomic E-state index is 0.174. The minimum atomic E-state index is -5.89. The first-order valence-corrected chi connectivity index (χ1v) is 11.5. The quantitative estimate of drug-likeness (QED) is 0.215. The molecule has 13 heteroatoms. The van der Waals surface area contributed by atoms with Crippen molar-refractivity contribution in [2.24, 2.45) is 0 Å². The molecule has 0 radical (unpaired) electrons. The van der Waals surface area contributed by atoms with E-state index in [1.54, 1.807) is 20.8 Å². The van der Waals surface area contributed by atoms with Crippen LogP contribution in [0.1, 0.15) is 55.6 Å². The second-order valence-electron chi connectivity index (χ2n) is 8.31. The Kier molecular flexibility index (Phi) is 8.47. The molecule has 0 aromatic heterocycles. The fourth-order valence-electron chi connectivity index (χ4n) is 2.87. The SMILES string of the molecule is CC(C)(C)OC(=O)NC(CCC(=O)c1c(F)cccc1F)c1ccc(OS(=O)(=O)C(F)(F)F)cc1. The van der Waals surface area contributed by atoms with Gasteiger partial charge in [-0.05, 0) is 57.0 Å². The highest BCUT2D eigenvalue weighted by Gasteiger charge is 2.48. The molecule has 1 atom stereocenters. The molecule has 0 fully saturated rings. The lowest BCUT2D eigenvalue weighted by molar-refractivity contribution is -0.0500. The summed E-state index contributed by atoms with van der Waals surface area (Å²) in [6.07, 6.45) is -1.49. The summed E-state index contributed by atoms with van der Waals surface area (Å²) in [5, 5.41) is 2.48. The molecule has 0 bridgehead atoms. The number of halogens is 5. The average Bonchev–Trinajstić information content (AvgIpc) is 2.69. The topological polar surface area (TPSA) is 98.8 Å². The van der Waals surface area contributed by atoms with E-state index in [4.69, 9.17) is 4.74 Å². The molecular formula is C22H22F5NO6S. The Hall–Kier alpha value is -3.22. The predicted octanol–water partition coefficient (Wildman–Crippen LogP) is 5.42. The summed E-state index contributed by atoms with van der Waals surface area (Å²) < 4.78 is 96.9. The van der Waals surface area contributed by atoms with Gasteiger partial charge in [-0.15, -0.1) is 0 Å². The molecule has 7 nitrogen and oxygen atoms in total. The Morgan fingerprint density at radius 3 is 2.00 bits per heavy atom. The first-order chi connectivity index (χ1) is 16.0. The molecule has 0 saturated carbocycles. The van der Waals surface area contributed by atoms with Crippen LogP contribution >= 0.6 is 0 Å². The van der Waals surface area contributed by atoms with Crippen LogP contribution in [0.3, 0.4) is 0 Å². The Bertz CT molecular complexity index is 1150. The van der Waals surface area contributed by atoms with Gasteiger partial charge in [0.05, 0.1) is 11.6 Å². The minimum Gasteiger partial charge on any atom is -0.444 e. The van der Waals surface area contributed by atoms with E-state index in [2.05, 4.69) is 9.50 Å². The molecule has 0 heterocycles. The van der Waals surface area contributed by atoms with Gasteiger partial charge in [-0.25, -0.2) is 13.6 Å². The first kappa shape index (κ1) is 28.0. The molecule has 1 N–H and O–H groups in total. The van der Waals surface area contributed by atoms with Crippen LogP contribution in [0.15, 0.2) is 42.5 Å². The predicted molar refractivity (Wildman–Crippen MR) is 114 cm³/mol. The largest absolute Gasteiger partial charge is 0.534 e. The van der Waals surface area contributed by atoms with Crippen molar-refractivity contribution in [3.8, 4) is 5.75 Å². The van der Waals surface area contributed by atoms with Crippen LogP contribution in [0.2, 0.25) is 0 Å². The number of hydrogen-bond acceptors (Lipinski definition) is 6. The summed E-state index contributed by atoms with van der Waals surface area (Å²) in [4.78, 5) is 24.7. The Balaban J connectivity index is 2.25. The lowest BCUT2D eigenvalue weighted by Gasteiger charge is -2.24. The number of benzene rings is 2. The van der Waals surface area contributed by atoms with E-state index in [0.717, 1.165) is 42.5 Å². The summed E-state index contributed by atoms with van der Waals surface area (Å²) in [6.45, 7) is 4.79. The standard InChI is InChI=1S/C22H22F5NO6S/c1-21(2,3)33-20(30)28-17(11-12-18(29)19-15(23)5-4-6-16(19)24)13-7-9-14(10-8-13)34-35(31,32)22(25,26)27/h4-10,17H,11-12H2,1-3H3,(H,28,30). The summed E-state index contributed by atoms with van der Waals surface area (Å²) in [7, 11) is -5.89.